The molecule has 4 atom stereocenters. The molecule has 0 aliphatic heterocycles. The van der Waals surface area contributed by atoms with Crippen molar-refractivity contribution in [2.45, 2.75) is 17.8 Å². The second-order valence-corrected chi connectivity index (χ2v) is 13.0. The lowest BCUT2D eigenvalue weighted by Crippen LogP contribution is -2.47. The molecule has 0 nitrogen and oxygen atoms in total. The van der Waals surface area contributed by atoms with Crippen molar-refractivity contribution in [3.8, 4) is 11.1 Å². The first-order valence-corrected chi connectivity index (χ1v) is 16.3. The van der Waals surface area contributed by atoms with E-state index in [4.69, 9.17) is 0 Å². The Kier molecular flexibility index (Phi) is 5.96. The molecular formula is C45H33F. The Morgan fingerprint density at radius 1 is 0.522 bits per heavy atom. The quantitative estimate of drug-likeness (QED) is 0.191. The second-order valence-electron chi connectivity index (χ2n) is 13.0. The largest absolute Gasteiger partial charge is 0.207 e. The molecule has 46 heavy (non-hydrogen) atoms. The molecule has 3 aliphatic rings. The minimum atomic E-state index is -0.548. The average Bonchev–Trinajstić information content (AvgIpc) is 3.43. The molecule has 4 unspecified atom stereocenters. The van der Waals surface area contributed by atoms with Crippen LogP contribution in [-0.4, -0.2) is 0 Å². The minimum Gasteiger partial charge on any atom is -0.207 e. The zero-order valence-electron chi connectivity index (χ0n) is 25.7. The summed E-state index contributed by atoms with van der Waals surface area (Å²) in [7, 11) is 0. The Morgan fingerprint density at radius 3 is 1.78 bits per heavy atom. The lowest BCUT2D eigenvalue weighted by molar-refractivity contribution is 0.383. The topological polar surface area (TPSA) is 0 Å². The van der Waals surface area contributed by atoms with E-state index < -0.39 is 5.41 Å². The third-order valence-electron chi connectivity index (χ3n) is 10.9. The first-order chi connectivity index (χ1) is 22.6. The molecule has 0 radical (unpaired) electrons. The van der Waals surface area contributed by atoms with E-state index in [1.165, 1.54) is 62.2 Å². The van der Waals surface area contributed by atoms with Crippen LogP contribution in [0.1, 0.15) is 51.4 Å². The van der Waals surface area contributed by atoms with E-state index in [1.807, 2.05) is 12.1 Å². The molecule has 0 saturated heterocycles. The van der Waals surface area contributed by atoms with Crippen LogP contribution in [0, 0.1) is 17.7 Å². The number of rotatable bonds is 4. The molecule has 0 bridgehead atoms. The van der Waals surface area contributed by atoms with Crippen molar-refractivity contribution in [1.82, 2.24) is 0 Å². The van der Waals surface area contributed by atoms with Crippen molar-refractivity contribution < 1.29 is 4.39 Å². The number of fused-ring (bicyclic) bond motifs is 5. The van der Waals surface area contributed by atoms with Gasteiger partial charge >= 0.3 is 0 Å². The number of halogens is 1. The summed E-state index contributed by atoms with van der Waals surface area (Å²) < 4.78 is 13.8. The molecule has 6 aromatic carbocycles. The molecule has 0 spiro atoms. The van der Waals surface area contributed by atoms with Crippen molar-refractivity contribution in [3.05, 3.63) is 220 Å². The number of allylic oxidation sites excluding steroid dienone is 4. The maximum absolute atomic E-state index is 13.8. The Balaban J connectivity index is 1.42. The highest BCUT2D eigenvalue weighted by Gasteiger charge is 2.61. The van der Waals surface area contributed by atoms with Crippen LogP contribution in [0.4, 0.5) is 4.39 Å². The number of benzene rings is 6. The summed E-state index contributed by atoms with van der Waals surface area (Å²) in [6.07, 6.45) is 7.02. The van der Waals surface area contributed by atoms with Gasteiger partial charge in [0.15, 0.2) is 0 Å². The van der Waals surface area contributed by atoms with E-state index in [2.05, 4.69) is 153 Å². The smallest absolute Gasteiger partial charge is 0.123 e. The van der Waals surface area contributed by atoms with Crippen LogP contribution in [0.15, 0.2) is 170 Å². The van der Waals surface area contributed by atoms with Gasteiger partial charge in [-0.25, -0.2) is 4.39 Å². The van der Waals surface area contributed by atoms with Gasteiger partial charge in [0.25, 0.3) is 0 Å². The van der Waals surface area contributed by atoms with Gasteiger partial charge in [0.1, 0.15) is 5.82 Å². The van der Waals surface area contributed by atoms with Crippen LogP contribution in [0.25, 0.3) is 16.7 Å². The van der Waals surface area contributed by atoms with Crippen molar-refractivity contribution >= 4 is 5.57 Å². The molecule has 0 aromatic heterocycles. The highest BCUT2D eigenvalue weighted by atomic mass is 19.1. The fourth-order valence-electron chi connectivity index (χ4n) is 9.22. The van der Waals surface area contributed by atoms with Gasteiger partial charge < -0.3 is 0 Å². The molecule has 9 rings (SSSR count). The monoisotopic (exact) mass is 592 g/mol. The van der Waals surface area contributed by atoms with Gasteiger partial charge in [0, 0.05) is 5.92 Å². The lowest BCUT2D eigenvalue weighted by atomic mass is 9.49. The first kappa shape index (κ1) is 27.1. The van der Waals surface area contributed by atoms with E-state index in [0.29, 0.717) is 5.92 Å². The molecule has 1 heteroatoms. The zero-order chi connectivity index (χ0) is 30.9. The summed E-state index contributed by atoms with van der Waals surface area (Å²) in [4.78, 5) is 0. The third-order valence-corrected chi connectivity index (χ3v) is 10.9. The SMILES string of the molecule is CC1C=CC=C2c3cccc4c3C(c3ccccc3)(c3ccccc3C4(c3ccccc3)c3ccc(-c4ccc(F)cc4)cc3)C21. The summed E-state index contributed by atoms with van der Waals surface area (Å²) >= 11 is 0. The third kappa shape index (κ3) is 3.49. The van der Waals surface area contributed by atoms with E-state index in [9.17, 15) is 4.39 Å². The Morgan fingerprint density at radius 2 is 1.09 bits per heavy atom. The van der Waals surface area contributed by atoms with Crippen molar-refractivity contribution in [2.24, 2.45) is 11.8 Å². The first-order valence-electron chi connectivity index (χ1n) is 16.3. The predicted octanol–water partition coefficient (Wildman–Crippen LogP) is 10.7. The summed E-state index contributed by atoms with van der Waals surface area (Å²) in [6.45, 7) is 2.39. The highest BCUT2D eigenvalue weighted by molar-refractivity contribution is 5.89. The van der Waals surface area contributed by atoms with Crippen LogP contribution >= 0.6 is 0 Å². The fraction of sp³-hybridized carbons (Fsp3) is 0.111. The molecule has 0 fully saturated rings. The molecule has 0 amide bonds. The van der Waals surface area contributed by atoms with Crippen LogP contribution in [0.2, 0.25) is 0 Å². The molecular weight excluding hydrogens is 559 g/mol. The Labute approximate surface area is 270 Å². The molecule has 0 saturated carbocycles. The zero-order valence-corrected chi connectivity index (χ0v) is 25.7. The standard InChI is InChI=1S/C45H33F/c1-30-12-10-17-37-38-18-11-21-41-43(38)45(42(30)37,34-15-6-3-7-16-34)40-20-9-8-19-39(40)44(41,33-13-4-2-5-14-33)35-26-22-31(23-27-35)32-24-28-36(46)29-25-32/h2-30,42H,1H3. The van der Waals surface area contributed by atoms with Gasteiger partial charge in [0.05, 0.1) is 10.8 Å². The van der Waals surface area contributed by atoms with Gasteiger partial charge in [-0.05, 0) is 79.3 Å². The molecule has 220 valence electrons. The van der Waals surface area contributed by atoms with Crippen LogP contribution in [0.3, 0.4) is 0 Å². The van der Waals surface area contributed by atoms with E-state index in [-0.39, 0.29) is 17.2 Å². The maximum atomic E-state index is 13.8. The maximum Gasteiger partial charge on any atom is 0.123 e. The van der Waals surface area contributed by atoms with E-state index in [0.717, 1.165) is 11.1 Å². The Bertz CT molecular complexity index is 2160. The van der Waals surface area contributed by atoms with Crippen LogP contribution < -0.4 is 0 Å². The van der Waals surface area contributed by atoms with Crippen molar-refractivity contribution in [3.63, 3.8) is 0 Å². The van der Waals surface area contributed by atoms with Gasteiger partial charge in [0.2, 0.25) is 0 Å². The molecule has 6 aromatic rings. The van der Waals surface area contributed by atoms with Gasteiger partial charge in [-0.15, -0.1) is 0 Å². The fourth-order valence-corrected chi connectivity index (χ4v) is 9.22. The Hall–Kier alpha value is -5.27. The normalized spacial score (nSPS) is 23.7. The summed E-state index contributed by atoms with van der Waals surface area (Å²) in [5, 5.41) is 0. The average molecular weight is 593 g/mol. The van der Waals surface area contributed by atoms with Crippen LogP contribution in [0.5, 0.6) is 0 Å². The van der Waals surface area contributed by atoms with Crippen LogP contribution in [-0.2, 0) is 10.8 Å². The number of hydrogen-bond donors (Lipinski definition) is 0. The van der Waals surface area contributed by atoms with Gasteiger partial charge in [-0.1, -0.05) is 165 Å². The molecule has 0 heterocycles. The predicted molar refractivity (Wildman–Crippen MR) is 186 cm³/mol. The lowest BCUT2D eigenvalue weighted by Gasteiger charge is -2.51. The van der Waals surface area contributed by atoms with Crippen molar-refractivity contribution in [2.75, 3.05) is 0 Å². The molecule has 0 N–H and O–H groups in total. The summed E-state index contributed by atoms with van der Waals surface area (Å²) in [5.74, 6) is 0.404. The highest BCUT2D eigenvalue weighted by Crippen LogP contribution is 2.68. The van der Waals surface area contributed by atoms with E-state index in [1.54, 1.807) is 0 Å². The summed E-state index contributed by atoms with van der Waals surface area (Å²) in [6, 6.07) is 54.3. The summed E-state index contributed by atoms with van der Waals surface area (Å²) in [5.41, 5.74) is 13.3. The van der Waals surface area contributed by atoms with Gasteiger partial charge in [-0.3, -0.25) is 0 Å². The second kappa shape index (κ2) is 10.1. The van der Waals surface area contributed by atoms with Gasteiger partial charge in [-0.2, -0.15) is 0 Å². The minimum absolute atomic E-state index is 0.220. The van der Waals surface area contributed by atoms with E-state index >= 15 is 0 Å². The number of hydrogen-bond acceptors (Lipinski definition) is 0. The van der Waals surface area contributed by atoms with Crippen molar-refractivity contribution in [1.29, 1.82) is 0 Å². The molecule has 3 aliphatic carbocycles.